The van der Waals surface area contributed by atoms with Crippen LogP contribution in [0.5, 0.6) is 0 Å². The summed E-state index contributed by atoms with van der Waals surface area (Å²) in [7, 11) is 0. The van der Waals surface area contributed by atoms with Gasteiger partial charge in [0.1, 0.15) is 5.69 Å². The zero-order valence-electron chi connectivity index (χ0n) is 10.6. The van der Waals surface area contributed by atoms with Gasteiger partial charge in [0.2, 0.25) is 0 Å². The number of Topliss-reactive ketones (excluding diaryl/α,β-unsaturated/α-hetero) is 1. The topological polar surface area (TPSA) is 74.3 Å². The van der Waals surface area contributed by atoms with Gasteiger partial charge in [0.05, 0.1) is 17.8 Å². The maximum Gasteiger partial charge on any atom is 0.419 e. The van der Waals surface area contributed by atoms with Crippen LogP contribution in [0.2, 0.25) is 5.02 Å². The number of carbonyl (C=O) groups is 2. The van der Waals surface area contributed by atoms with Crippen LogP contribution in [0.3, 0.4) is 0 Å². The number of fused-ring (bicyclic) bond motifs is 1. The van der Waals surface area contributed by atoms with Crippen molar-refractivity contribution in [2.75, 3.05) is 12.3 Å². The molecule has 0 aliphatic carbocycles. The van der Waals surface area contributed by atoms with Gasteiger partial charge in [-0.2, -0.15) is 0 Å². The van der Waals surface area contributed by atoms with Crippen LogP contribution in [-0.4, -0.2) is 23.1 Å². The van der Waals surface area contributed by atoms with Gasteiger partial charge in [-0.3, -0.25) is 4.79 Å². The maximum absolute atomic E-state index is 12.0. The van der Waals surface area contributed by atoms with Gasteiger partial charge in [-0.15, -0.1) is 0 Å². The SMILES string of the molecule is CCOC(=O)n1c(C(C)=O)c(N)c2ccc(Cl)cc21. The minimum Gasteiger partial charge on any atom is -0.449 e. The molecular weight excluding hydrogens is 268 g/mol. The van der Waals surface area contributed by atoms with Crippen molar-refractivity contribution >= 4 is 40.1 Å². The molecule has 19 heavy (non-hydrogen) atoms. The molecule has 0 bridgehead atoms. The van der Waals surface area contributed by atoms with Crippen LogP contribution >= 0.6 is 11.6 Å². The summed E-state index contributed by atoms with van der Waals surface area (Å²) in [4.78, 5) is 23.7. The summed E-state index contributed by atoms with van der Waals surface area (Å²) in [6.45, 7) is 3.24. The lowest BCUT2D eigenvalue weighted by atomic mass is 10.2. The summed E-state index contributed by atoms with van der Waals surface area (Å²) in [5, 5.41) is 1.05. The number of aromatic nitrogens is 1. The van der Waals surface area contributed by atoms with E-state index in [0.717, 1.165) is 0 Å². The molecule has 5 nitrogen and oxygen atoms in total. The summed E-state index contributed by atoms with van der Waals surface area (Å²) < 4.78 is 6.12. The number of hydrogen-bond acceptors (Lipinski definition) is 4. The summed E-state index contributed by atoms with van der Waals surface area (Å²) in [6, 6.07) is 4.91. The number of ether oxygens (including phenoxy) is 1. The van der Waals surface area contributed by atoms with Crippen LogP contribution in [0.1, 0.15) is 24.3 Å². The van der Waals surface area contributed by atoms with Crippen molar-refractivity contribution in [3.63, 3.8) is 0 Å². The average Bonchev–Trinajstić information content (AvgIpc) is 2.62. The van der Waals surface area contributed by atoms with Crippen LogP contribution in [0.25, 0.3) is 10.9 Å². The third-order valence-electron chi connectivity index (χ3n) is 2.75. The molecule has 0 saturated heterocycles. The zero-order valence-corrected chi connectivity index (χ0v) is 11.3. The molecule has 0 spiro atoms. The Morgan fingerprint density at radius 2 is 2.11 bits per heavy atom. The molecular formula is C13H13ClN2O3. The second kappa shape index (κ2) is 4.93. The second-order valence-corrected chi connectivity index (χ2v) is 4.45. The van der Waals surface area contributed by atoms with Crippen molar-refractivity contribution in [1.82, 2.24) is 4.57 Å². The van der Waals surface area contributed by atoms with Crippen molar-refractivity contribution in [2.45, 2.75) is 13.8 Å². The Kier molecular flexibility index (Phi) is 3.48. The van der Waals surface area contributed by atoms with Gasteiger partial charge in [0, 0.05) is 17.3 Å². The molecule has 2 rings (SSSR count). The molecule has 1 heterocycles. The molecule has 0 aliphatic rings. The Morgan fingerprint density at radius 3 is 2.68 bits per heavy atom. The first-order valence-electron chi connectivity index (χ1n) is 5.74. The van der Waals surface area contributed by atoms with Crippen LogP contribution in [-0.2, 0) is 4.74 Å². The molecule has 0 saturated carbocycles. The summed E-state index contributed by atoms with van der Waals surface area (Å²) in [5.74, 6) is -0.308. The van der Waals surface area contributed by atoms with Crippen molar-refractivity contribution in [2.24, 2.45) is 0 Å². The lowest BCUT2D eigenvalue weighted by Gasteiger charge is -2.07. The predicted octanol–water partition coefficient (Wildman–Crippen LogP) is 3.08. The number of benzene rings is 1. The van der Waals surface area contributed by atoms with Gasteiger partial charge in [-0.1, -0.05) is 11.6 Å². The van der Waals surface area contributed by atoms with Gasteiger partial charge < -0.3 is 10.5 Å². The van der Waals surface area contributed by atoms with Crippen LogP contribution in [0.4, 0.5) is 10.5 Å². The summed E-state index contributed by atoms with van der Waals surface area (Å²) in [5.41, 5.74) is 6.78. The van der Waals surface area contributed by atoms with Crippen LogP contribution < -0.4 is 5.73 Å². The van der Waals surface area contributed by atoms with E-state index in [-0.39, 0.29) is 23.8 Å². The standard InChI is InChI=1S/C13H13ClN2O3/c1-3-19-13(18)16-10-6-8(14)4-5-9(10)11(15)12(16)7(2)17/h4-6H,3,15H2,1-2H3. The Bertz CT molecular complexity index is 676. The fraction of sp³-hybridized carbons (Fsp3) is 0.231. The molecule has 1 aromatic heterocycles. The number of nitrogens with two attached hydrogens (primary N) is 1. The van der Waals surface area contributed by atoms with Crippen molar-refractivity contribution in [3.8, 4) is 0 Å². The molecule has 2 aromatic rings. The smallest absolute Gasteiger partial charge is 0.419 e. The number of hydrogen-bond donors (Lipinski definition) is 1. The third-order valence-corrected chi connectivity index (χ3v) is 2.99. The van der Waals surface area contributed by atoms with Crippen molar-refractivity contribution < 1.29 is 14.3 Å². The van der Waals surface area contributed by atoms with E-state index in [1.807, 2.05) is 0 Å². The molecule has 0 unspecified atom stereocenters. The molecule has 0 radical (unpaired) electrons. The summed E-state index contributed by atoms with van der Waals surface area (Å²) >= 11 is 5.92. The Balaban J connectivity index is 2.83. The monoisotopic (exact) mass is 280 g/mol. The lowest BCUT2D eigenvalue weighted by Crippen LogP contribution is -2.18. The fourth-order valence-electron chi connectivity index (χ4n) is 2.01. The Morgan fingerprint density at radius 1 is 1.42 bits per heavy atom. The third kappa shape index (κ3) is 2.17. The number of rotatable bonds is 2. The van der Waals surface area contributed by atoms with Gasteiger partial charge in [-0.25, -0.2) is 9.36 Å². The second-order valence-electron chi connectivity index (χ2n) is 4.01. The highest BCUT2D eigenvalue weighted by Crippen LogP contribution is 2.31. The van der Waals surface area contributed by atoms with E-state index < -0.39 is 6.09 Å². The van der Waals surface area contributed by atoms with E-state index in [2.05, 4.69) is 0 Å². The highest BCUT2D eigenvalue weighted by atomic mass is 35.5. The van der Waals surface area contributed by atoms with E-state index in [1.54, 1.807) is 25.1 Å². The number of ketones is 1. The normalized spacial score (nSPS) is 10.7. The molecule has 1 aromatic carbocycles. The molecule has 100 valence electrons. The molecule has 6 heteroatoms. The molecule has 0 atom stereocenters. The van der Waals surface area contributed by atoms with E-state index in [9.17, 15) is 9.59 Å². The Hall–Kier alpha value is -2.01. The number of anilines is 1. The first-order valence-corrected chi connectivity index (χ1v) is 6.12. The zero-order chi connectivity index (χ0) is 14.2. The molecule has 0 amide bonds. The maximum atomic E-state index is 12.0. The lowest BCUT2D eigenvalue weighted by molar-refractivity contribution is 0.100. The van der Waals surface area contributed by atoms with Gasteiger partial charge >= 0.3 is 6.09 Å². The Labute approximate surface area is 114 Å². The quantitative estimate of drug-likeness (QED) is 0.858. The van der Waals surface area contributed by atoms with Gasteiger partial charge in [0.25, 0.3) is 0 Å². The van der Waals surface area contributed by atoms with Gasteiger partial charge in [0.15, 0.2) is 5.78 Å². The first-order chi connectivity index (χ1) is 8.97. The summed E-state index contributed by atoms with van der Waals surface area (Å²) in [6.07, 6.45) is -0.642. The van der Waals surface area contributed by atoms with Crippen molar-refractivity contribution in [3.05, 3.63) is 28.9 Å². The minimum absolute atomic E-state index is 0.121. The predicted molar refractivity (Wildman–Crippen MR) is 73.8 cm³/mol. The average molecular weight is 281 g/mol. The highest BCUT2D eigenvalue weighted by molar-refractivity contribution is 6.31. The number of carbonyl (C=O) groups excluding carboxylic acids is 2. The van der Waals surface area contributed by atoms with E-state index >= 15 is 0 Å². The highest BCUT2D eigenvalue weighted by Gasteiger charge is 2.23. The first kappa shape index (κ1) is 13.4. The number of halogens is 1. The molecule has 0 aliphatic heterocycles. The van der Waals surface area contributed by atoms with Crippen LogP contribution in [0, 0.1) is 0 Å². The fourth-order valence-corrected chi connectivity index (χ4v) is 2.18. The van der Waals surface area contributed by atoms with E-state index in [0.29, 0.717) is 15.9 Å². The minimum atomic E-state index is -0.642. The number of nitrogens with zero attached hydrogens (tertiary/aromatic N) is 1. The van der Waals surface area contributed by atoms with E-state index in [4.69, 9.17) is 22.1 Å². The molecule has 2 N–H and O–H groups in total. The van der Waals surface area contributed by atoms with Crippen molar-refractivity contribution in [1.29, 1.82) is 0 Å². The molecule has 0 fully saturated rings. The van der Waals surface area contributed by atoms with Gasteiger partial charge in [-0.05, 0) is 25.1 Å². The van der Waals surface area contributed by atoms with E-state index in [1.165, 1.54) is 11.5 Å². The van der Waals surface area contributed by atoms with Crippen LogP contribution in [0.15, 0.2) is 18.2 Å². The largest absolute Gasteiger partial charge is 0.449 e. The number of nitrogen functional groups attached to an aromatic ring is 1.